The summed E-state index contributed by atoms with van der Waals surface area (Å²) < 4.78 is 15.7. The first-order valence-corrected chi connectivity index (χ1v) is 10.9. The summed E-state index contributed by atoms with van der Waals surface area (Å²) in [6.45, 7) is 9.04. The van der Waals surface area contributed by atoms with E-state index < -0.39 is 10.6 Å². The Labute approximate surface area is 170 Å². The Kier molecular flexibility index (Phi) is 12.3. The van der Waals surface area contributed by atoms with Gasteiger partial charge in [-0.15, -0.1) is 16.5 Å². The molecule has 0 saturated carbocycles. The second kappa shape index (κ2) is 12.0. The molecular weight excluding hydrogens is 550 g/mol. The molecule has 1 unspecified atom stereocenters. The molecule has 1 saturated heterocycles. The molecule has 0 radical (unpaired) electrons. The zero-order valence-electron chi connectivity index (χ0n) is 16.0. The van der Waals surface area contributed by atoms with Crippen LogP contribution in [-0.2, 0) is 14.3 Å². The molecule has 0 aromatic heterocycles. The number of hydrazine groups is 1. The van der Waals surface area contributed by atoms with Crippen molar-refractivity contribution < 1.29 is 47.9 Å². The summed E-state index contributed by atoms with van der Waals surface area (Å²) in [5.41, 5.74) is 1.97. The Bertz CT molecular complexity index is 389. The van der Waals surface area contributed by atoms with Crippen molar-refractivity contribution in [3.63, 3.8) is 0 Å². The van der Waals surface area contributed by atoms with E-state index in [2.05, 4.69) is 15.7 Å². The van der Waals surface area contributed by atoms with Crippen LogP contribution in [-0.4, -0.2) is 55.7 Å². The molecule has 9 nitrogen and oxygen atoms in total. The topological polar surface area (TPSA) is 119 Å². The van der Waals surface area contributed by atoms with Crippen LogP contribution in [0.1, 0.15) is 40.0 Å². The van der Waals surface area contributed by atoms with E-state index >= 15 is 0 Å². The van der Waals surface area contributed by atoms with Crippen molar-refractivity contribution in [1.82, 2.24) is 10.5 Å². The Balaban J connectivity index is 0.00000277. The molecule has 10 heteroatoms. The molecule has 1 aliphatic rings. The standard InChI is InChI=1S/C14H34N6O3.CH.U/c1-5-13(3,19(15)18-4)23-20(16,17)8-7-9-21-10-14(6-2)11-22-12-14;;/h15,18H,5-12,16-17H2,1-4H3;1H;. The molecule has 0 amide bonds. The fourth-order valence-electron chi connectivity index (χ4n) is 2.39. The molecule has 1 atom stereocenters. The summed E-state index contributed by atoms with van der Waals surface area (Å²) >= 11 is 0.658. The Morgan fingerprint density at radius 1 is 1.40 bits per heavy atom. The van der Waals surface area contributed by atoms with Gasteiger partial charge in [0.15, 0.2) is 12.3 Å². The van der Waals surface area contributed by atoms with E-state index in [9.17, 15) is 0 Å². The van der Waals surface area contributed by atoms with Crippen LogP contribution in [0.5, 0.6) is 0 Å². The Morgan fingerprint density at radius 2 is 2.00 bits per heavy atom. The van der Waals surface area contributed by atoms with Crippen molar-refractivity contribution >= 4 is 0 Å². The number of hydroxylamine groups is 1. The van der Waals surface area contributed by atoms with E-state index in [1.54, 1.807) is 14.0 Å². The van der Waals surface area contributed by atoms with Gasteiger partial charge in [0.25, 0.3) is 0 Å². The average Bonchev–Trinajstić information content (AvgIpc) is 2.57. The number of rotatable bonds is 12. The van der Waals surface area contributed by atoms with E-state index in [1.165, 1.54) is 0 Å². The van der Waals surface area contributed by atoms with Crippen LogP contribution >= 0.6 is 0 Å². The van der Waals surface area contributed by atoms with Crippen molar-refractivity contribution in [2.75, 3.05) is 40.0 Å². The van der Waals surface area contributed by atoms with Crippen LogP contribution in [0.15, 0.2) is 0 Å². The first-order chi connectivity index (χ1) is 11.7. The molecule has 0 aromatic rings. The van der Waals surface area contributed by atoms with Gasteiger partial charge in [-0.05, 0) is 31.7 Å². The van der Waals surface area contributed by atoms with Gasteiger partial charge in [0.05, 0.1) is 26.4 Å². The fourth-order valence-corrected chi connectivity index (χ4v) is 2.39. The molecule has 6 N–H and O–H groups in total. The van der Waals surface area contributed by atoms with E-state index in [-0.39, 0.29) is 5.41 Å². The molecule has 147 valence electrons. The number of nitrogens with zero attached hydrogens (tertiary/aromatic N) is 2. The van der Waals surface area contributed by atoms with Gasteiger partial charge in [0, 0.05) is 11.8 Å². The third kappa shape index (κ3) is 8.35. The van der Waals surface area contributed by atoms with Crippen LogP contribution in [0.2, 0.25) is 0 Å². The number of hydrogen-bond donors (Lipinski definition) is 3. The van der Waals surface area contributed by atoms with Crippen molar-refractivity contribution in [2.24, 2.45) is 17.1 Å². The van der Waals surface area contributed by atoms with Gasteiger partial charge in [-0.1, -0.05) is 13.8 Å². The number of nitrogens with two attached hydrogens (primary N) is 2. The molecular formula is C15H35N6O3U. The normalized spacial score (nSPS) is 18.9. The molecule has 1 fully saturated rings. The summed E-state index contributed by atoms with van der Waals surface area (Å²) in [6, 6.07) is 0. The van der Waals surface area contributed by atoms with Gasteiger partial charge >= 0.3 is 32.0 Å². The van der Waals surface area contributed by atoms with Crippen LogP contribution in [0.3, 0.4) is 0 Å². The summed E-state index contributed by atoms with van der Waals surface area (Å²) in [7, 11) is 1.65. The van der Waals surface area contributed by atoms with E-state index in [0.29, 0.717) is 61.3 Å². The Morgan fingerprint density at radius 3 is 2.40 bits per heavy atom. The van der Waals surface area contributed by atoms with Crippen molar-refractivity contribution in [3.8, 4) is 3.32 Å². The molecule has 0 bridgehead atoms. The minimum absolute atomic E-state index is 0.188. The van der Waals surface area contributed by atoms with Crippen LogP contribution in [0.25, 0.3) is 5.84 Å². The third-order valence-electron chi connectivity index (χ3n) is 4.49. The van der Waals surface area contributed by atoms with E-state index in [1.807, 2.05) is 6.92 Å². The predicted molar refractivity (Wildman–Crippen MR) is 92.4 cm³/mol. The maximum absolute atomic E-state index is 7.85. The van der Waals surface area contributed by atoms with Crippen molar-refractivity contribution in [1.29, 1.82) is 0 Å². The second-order valence-corrected chi connectivity index (χ2v) is 6.51. The summed E-state index contributed by atoms with van der Waals surface area (Å²) in [6.07, 6.45) is 2.29. The van der Waals surface area contributed by atoms with Gasteiger partial charge in [-0.2, -0.15) is 0 Å². The maximum atomic E-state index is 7.85. The van der Waals surface area contributed by atoms with Crippen LogP contribution in [0.4, 0.5) is 0 Å². The number of hydrogen-bond acceptors (Lipinski definition) is 7. The monoisotopic (exact) mass is 585 g/mol. The second-order valence-electron chi connectivity index (χ2n) is 6.51. The summed E-state index contributed by atoms with van der Waals surface area (Å²) in [5, 5.41) is 1.11. The molecule has 1 heterocycles. The van der Waals surface area contributed by atoms with Crippen LogP contribution in [0, 0.1) is 37.4 Å². The van der Waals surface area contributed by atoms with Gasteiger partial charge in [-0.3, -0.25) is 5.43 Å². The molecule has 0 aromatic carbocycles. The van der Waals surface area contributed by atoms with Gasteiger partial charge < -0.3 is 20.4 Å². The minimum atomic E-state index is -0.922. The molecule has 25 heavy (non-hydrogen) atoms. The zero-order chi connectivity index (χ0) is 19.6. The SMILES string of the molecule is CCC1(COCCC[N+](N)(N)OC(C)(CC)N([NH-])NC)COC1.[CH]#[U]. The summed E-state index contributed by atoms with van der Waals surface area (Å²) in [5.74, 6) is 19.8. The molecule has 0 aliphatic carbocycles. The first kappa shape index (κ1) is 25.5. The number of ether oxygens (including phenoxy) is 2. The average molecular weight is 586 g/mol. The van der Waals surface area contributed by atoms with E-state index in [0.717, 1.165) is 24.8 Å². The molecule has 1 aliphatic heterocycles. The van der Waals surface area contributed by atoms with Crippen LogP contribution < -0.4 is 17.1 Å². The summed E-state index contributed by atoms with van der Waals surface area (Å²) in [4.78, 5) is 5.12. The predicted octanol–water partition coefficient (Wildman–Crippen LogP) is 0.970. The van der Waals surface area contributed by atoms with Gasteiger partial charge in [-0.25, -0.2) is 0 Å². The third-order valence-corrected chi connectivity index (χ3v) is 4.49. The van der Waals surface area contributed by atoms with Crippen molar-refractivity contribution in [2.45, 2.75) is 45.8 Å². The first-order valence-electron chi connectivity index (χ1n) is 8.52. The zero-order valence-corrected chi connectivity index (χ0v) is 20.2. The Hall–Kier alpha value is 0.472. The quantitative estimate of drug-likeness (QED) is 0.103. The number of nitrogens with one attached hydrogen (secondary N) is 2. The molecule has 0 spiro atoms. The van der Waals surface area contributed by atoms with E-state index in [4.69, 9.17) is 31.8 Å². The number of quaternary nitrogens is 1. The molecule has 1 rings (SSSR count). The fraction of sp³-hybridized carbons (Fsp3) is 0.933. The van der Waals surface area contributed by atoms with Crippen molar-refractivity contribution in [3.05, 3.63) is 5.84 Å². The van der Waals surface area contributed by atoms with Gasteiger partial charge in [0.2, 0.25) is 0 Å². The van der Waals surface area contributed by atoms with Gasteiger partial charge in [0.1, 0.15) is 0 Å².